The number of nitrogens with one attached hydrogen (secondary N) is 1. The van der Waals surface area contributed by atoms with Crippen molar-refractivity contribution in [3.05, 3.63) is 64.7 Å². The van der Waals surface area contributed by atoms with Gasteiger partial charge in [-0.15, -0.1) is 0 Å². The smallest absolute Gasteiger partial charge is 0.257 e. The van der Waals surface area contributed by atoms with E-state index in [-0.39, 0.29) is 24.5 Å². The van der Waals surface area contributed by atoms with Gasteiger partial charge in [-0.3, -0.25) is 9.59 Å². The van der Waals surface area contributed by atoms with Gasteiger partial charge in [0, 0.05) is 31.8 Å². The van der Waals surface area contributed by atoms with Gasteiger partial charge in [0.2, 0.25) is 0 Å². The number of halogens is 2. The number of hydrogen-bond acceptors (Lipinski definition) is 3. The first kappa shape index (κ1) is 17.5. The average Bonchev–Trinajstić information content (AvgIpc) is 3.13. The van der Waals surface area contributed by atoms with Gasteiger partial charge < -0.3 is 15.1 Å². The Morgan fingerprint density at radius 3 is 2.67 bits per heavy atom. The van der Waals surface area contributed by atoms with Crippen LogP contribution in [0, 0.1) is 11.6 Å². The molecular weight excluding hydrogens is 352 g/mol. The summed E-state index contributed by atoms with van der Waals surface area (Å²) in [4.78, 5) is 29.0. The van der Waals surface area contributed by atoms with E-state index in [0.29, 0.717) is 16.7 Å². The van der Waals surface area contributed by atoms with Crippen molar-refractivity contribution in [2.75, 3.05) is 18.5 Å². The molecule has 2 heterocycles. The van der Waals surface area contributed by atoms with E-state index in [2.05, 4.69) is 5.32 Å². The van der Waals surface area contributed by atoms with E-state index in [9.17, 15) is 18.4 Å². The van der Waals surface area contributed by atoms with Crippen molar-refractivity contribution in [1.29, 1.82) is 0 Å². The minimum Gasteiger partial charge on any atom is -0.354 e. The molecule has 2 aromatic carbocycles. The molecule has 27 heavy (non-hydrogen) atoms. The van der Waals surface area contributed by atoms with Crippen molar-refractivity contribution >= 4 is 17.5 Å². The summed E-state index contributed by atoms with van der Waals surface area (Å²) in [6, 6.07) is 8.11. The fourth-order valence-electron chi connectivity index (χ4n) is 3.85. The van der Waals surface area contributed by atoms with Crippen molar-refractivity contribution in [1.82, 2.24) is 10.2 Å². The molecule has 0 bridgehead atoms. The summed E-state index contributed by atoms with van der Waals surface area (Å²) in [6.45, 7) is 0.759. The summed E-state index contributed by atoms with van der Waals surface area (Å²) >= 11 is 0. The molecule has 1 N–H and O–H groups in total. The molecule has 140 valence electrons. The Bertz CT molecular complexity index is 911. The maximum Gasteiger partial charge on any atom is 0.257 e. The average molecular weight is 371 g/mol. The highest BCUT2D eigenvalue weighted by Gasteiger charge is 2.38. The molecule has 2 aliphatic rings. The van der Waals surface area contributed by atoms with Gasteiger partial charge in [0.15, 0.2) is 0 Å². The number of hydrogen-bond donors (Lipinski definition) is 1. The van der Waals surface area contributed by atoms with Gasteiger partial charge in [-0.1, -0.05) is 0 Å². The molecule has 1 fully saturated rings. The van der Waals surface area contributed by atoms with Crippen molar-refractivity contribution in [3.63, 3.8) is 0 Å². The number of benzene rings is 2. The van der Waals surface area contributed by atoms with Crippen LogP contribution in [-0.2, 0) is 6.54 Å². The van der Waals surface area contributed by atoms with Crippen molar-refractivity contribution in [2.45, 2.75) is 25.6 Å². The van der Waals surface area contributed by atoms with Gasteiger partial charge in [0.05, 0.1) is 11.3 Å². The Hall–Kier alpha value is -2.96. The van der Waals surface area contributed by atoms with Crippen LogP contribution in [0.25, 0.3) is 0 Å². The zero-order chi connectivity index (χ0) is 19.1. The van der Waals surface area contributed by atoms with Crippen LogP contribution in [0.3, 0.4) is 0 Å². The zero-order valence-corrected chi connectivity index (χ0v) is 14.8. The summed E-state index contributed by atoms with van der Waals surface area (Å²) < 4.78 is 26.5. The third kappa shape index (κ3) is 3.13. The van der Waals surface area contributed by atoms with E-state index in [1.807, 2.05) is 16.8 Å². The lowest BCUT2D eigenvalue weighted by Gasteiger charge is -2.40. The van der Waals surface area contributed by atoms with Crippen LogP contribution in [0.2, 0.25) is 0 Å². The SMILES string of the molecule is CN1c2cc(C(=O)NCc3cc(F)cc(F)c3)ccc2C(=O)N2CCC[C@H]21. The number of anilines is 1. The first-order valence-corrected chi connectivity index (χ1v) is 8.85. The minimum atomic E-state index is -0.686. The monoisotopic (exact) mass is 371 g/mol. The largest absolute Gasteiger partial charge is 0.354 e. The standard InChI is InChI=1S/C20H19F2N3O2/c1-24-17-9-13(4-5-16(17)20(27)25-6-2-3-18(24)25)19(26)23-11-12-7-14(21)10-15(22)8-12/h4-5,7-10,18H,2-3,6,11H2,1H3,(H,23,26)/t18-/m0/s1. The maximum atomic E-state index is 13.3. The van der Waals surface area contributed by atoms with Crippen molar-refractivity contribution < 1.29 is 18.4 Å². The third-order valence-electron chi connectivity index (χ3n) is 5.17. The van der Waals surface area contributed by atoms with E-state index in [0.717, 1.165) is 31.1 Å². The first-order valence-electron chi connectivity index (χ1n) is 8.85. The number of carbonyl (C=O) groups excluding carboxylic acids is 2. The van der Waals surface area contributed by atoms with E-state index >= 15 is 0 Å². The molecule has 5 nitrogen and oxygen atoms in total. The minimum absolute atomic E-state index is 0.00667. The summed E-state index contributed by atoms with van der Waals surface area (Å²) in [7, 11) is 1.92. The van der Waals surface area contributed by atoms with Crippen LogP contribution in [0.5, 0.6) is 0 Å². The molecular formula is C20H19F2N3O2. The van der Waals surface area contributed by atoms with Gasteiger partial charge >= 0.3 is 0 Å². The topological polar surface area (TPSA) is 52.7 Å². The summed E-state index contributed by atoms with van der Waals surface area (Å²) in [5, 5.41) is 2.66. The second kappa shape index (κ2) is 6.64. The Labute approximate surface area is 155 Å². The molecule has 0 radical (unpaired) electrons. The molecule has 1 atom stereocenters. The van der Waals surface area contributed by atoms with Crippen LogP contribution in [0.4, 0.5) is 14.5 Å². The molecule has 0 spiro atoms. The lowest BCUT2D eigenvalue weighted by atomic mass is 10.0. The van der Waals surface area contributed by atoms with Crippen LogP contribution in [0.1, 0.15) is 39.1 Å². The highest BCUT2D eigenvalue weighted by atomic mass is 19.1. The predicted octanol–water partition coefficient (Wildman–Crippen LogP) is 2.91. The van der Waals surface area contributed by atoms with Crippen LogP contribution in [-0.4, -0.2) is 36.5 Å². The van der Waals surface area contributed by atoms with Gasteiger partial charge in [-0.2, -0.15) is 0 Å². The predicted molar refractivity (Wildman–Crippen MR) is 96.4 cm³/mol. The van der Waals surface area contributed by atoms with Crippen molar-refractivity contribution in [3.8, 4) is 0 Å². The van der Waals surface area contributed by atoms with E-state index in [4.69, 9.17) is 0 Å². The first-order chi connectivity index (χ1) is 12.9. The second-order valence-corrected chi connectivity index (χ2v) is 6.92. The number of carbonyl (C=O) groups is 2. The van der Waals surface area contributed by atoms with E-state index in [1.54, 1.807) is 18.2 Å². The van der Waals surface area contributed by atoms with Crippen LogP contribution in [0.15, 0.2) is 36.4 Å². The van der Waals surface area contributed by atoms with Gasteiger partial charge in [-0.25, -0.2) is 8.78 Å². The second-order valence-electron chi connectivity index (χ2n) is 6.92. The molecule has 1 saturated heterocycles. The molecule has 0 aliphatic carbocycles. The number of fused-ring (bicyclic) bond motifs is 2. The number of rotatable bonds is 3. The molecule has 0 saturated carbocycles. The normalized spacial score (nSPS) is 18.3. The maximum absolute atomic E-state index is 13.3. The lowest BCUT2D eigenvalue weighted by molar-refractivity contribution is 0.0719. The van der Waals surface area contributed by atoms with Gasteiger partial charge in [-0.05, 0) is 48.7 Å². The Kier molecular flexibility index (Phi) is 4.30. The summed E-state index contributed by atoms with van der Waals surface area (Å²) in [5.74, 6) is -1.74. The highest BCUT2D eigenvalue weighted by Crippen LogP contribution is 2.35. The number of amides is 2. The fourth-order valence-corrected chi connectivity index (χ4v) is 3.85. The van der Waals surface area contributed by atoms with Crippen LogP contribution >= 0.6 is 0 Å². The molecule has 2 aromatic rings. The molecule has 7 heteroatoms. The summed E-state index contributed by atoms with van der Waals surface area (Å²) in [5.41, 5.74) is 2.05. The Morgan fingerprint density at radius 2 is 1.93 bits per heavy atom. The van der Waals surface area contributed by atoms with Gasteiger partial charge in [0.25, 0.3) is 11.8 Å². The quantitative estimate of drug-likeness (QED) is 0.903. The van der Waals surface area contributed by atoms with Crippen LogP contribution < -0.4 is 10.2 Å². The summed E-state index contributed by atoms with van der Waals surface area (Å²) in [6.07, 6.45) is 1.90. The highest BCUT2D eigenvalue weighted by molar-refractivity contribution is 6.04. The molecule has 2 amide bonds. The van der Waals surface area contributed by atoms with Crippen molar-refractivity contribution in [2.24, 2.45) is 0 Å². The number of nitrogens with zero attached hydrogens (tertiary/aromatic N) is 2. The fraction of sp³-hybridized carbons (Fsp3) is 0.300. The van der Waals surface area contributed by atoms with Gasteiger partial charge in [0.1, 0.15) is 17.8 Å². The lowest BCUT2D eigenvalue weighted by Crippen LogP contribution is -2.50. The molecule has 0 aromatic heterocycles. The Balaban J connectivity index is 1.54. The van der Waals surface area contributed by atoms with E-state index < -0.39 is 11.6 Å². The molecule has 4 rings (SSSR count). The zero-order valence-electron chi connectivity index (χ0n) is 14.8. The Morgan fingerprint density at radius 1 is 1.19 bits per heavy atom. The molecule has 2 aliphatic heterocycles. The van der Waals surface area contributed by atoms with E-state index in [1.165, 1.54) is 12.1 Å². The third-order valence-corrected chi connectivity index (χ3v) is 5.17. The molecule has 0 unspecified atom stereocenters.